The molecule has 1 aliphatic carbocycles. The molecule has 7 heteroatoms. The van der Waals surface area contributed by atoms with E-state index in [4.69, 9.17) is 9.47 Å². The van der Waals surface area contributed by atoms with Crippen LogP contribution in [-0.4, -0.2) is 25.7 Å². The number of rotatable bonds is 5. The predicted molar refractivity (Wildman–Crippen MR) is 117 cm³/mol. The Morgan fingerprint density at radius 3 is 2.50 bits per heavy atom. The molecule has 5 rings (SSSR count). The van der Waals surface area contributed by atoms with Crippen LogP contribution in [0, 0.1) is 5.82 Å². The Balaban J connectivity index is 1.41. The molecule has 2 amide bonds. The van der Waals surface area contributed by atoms with Crippen molar-refractivity contribution in [3.05, 3.63) is 77.6 Å². The van der Waals surface area contributed by atoms with E-state index < -0.39 is 11.2 Å². The van der Waals surface area contributed by atoms with Crippen molar-refractivity contribution in [1.82, 2.24) is 5.32 Å². The van der Waals surface area contributed by atoms with E-state index in [0.717, 1.165) is 11.1 Å². The molecule has 2 aliphatic rings. The van der Waals surface area contributed by atoms with Crippen molar-refractivity contribution >= 4 is 17.5 Å². The second-order valence-corrected chi connectivity index (χ2v) is 7.96. The zero-order chi connectivity index (χ0) is 22.3. The molecule has 162 valence electrons. The first kappa shape index (κ1) is 20.1. The van der Waals surface area contributed by atoms with Gasteiger partial charge in [0.15, 0.2) is 11.5 Å². The molecule has 1 saturated carbocycles. The Morgan fingerprint density at radius 2 is 1.72 bits per heavy atom. The number of halogens is 1. The predicted octanol–water partition coefficient (Wildman–Crippen LogP) is 4.25. The van der Waals surface area contributed by atoms with Crippen LogP contribution in [0.5, 0.6) is 11.5 Å². The quantitative estimate of drug-likeness (QED) is 0.632. The van der Waals surface area contributed by atoms with Crippen molar-refractivity contribution in [2.24, 2.45) is 0 Å². The highest BCUT2D eigenvalue weighted by Gasteiger charge is 2.51. The van der Waals surface area contributed by atoms with E-state index >= 15 is 0 Å². The highest BCUT2D eigenvalue weighted by molar-refractivity contribution is 6.02. The van der Waals surface area contributed by atoms with Gasteiger partial charge in [0.1, 0.15) is 5.82 Å². The van der Waals surface area contributed by atoms with Gasteiger partial charge in [0, 0.05) is 12.6 Å². The molecule has 0 radical (unpaired) electrons. The number of anilines is 1. The number of carbonyl (C=O) groups is 2. The van der Waals surface area contributed by atoms with Gasteiger partial charge in [-0.1, -0.05) is 24.3 Å². The Bertz CT molecular complexity index is 1240. The maximum absolute atomic E-state index is 14.6. The lowest BCUT2D eigenvalue weighted by molar-refractivity contribution is -0.118. The fourth-order valence-corrected chi connectivity index (χ4v) is 3.99. The first-order valence-electron chi connectivity index (χ1n) is 10.3. The molecule has 3 aromatic rings. The minimum Gasteiger partial charge on any atom is -0.454 e. The number of amides is 2. The molecule has 1 aliphatic heterocycles. The largest absolute Gasteiger partial charge is 0.454 e. The number of fused-ring (bicyclic) bond motifs is 1. The van der Waals surface area contributed by atoms with Crippen LogP contribution in [0.4, 0.5) is 10.1 Å². The third-order valence-corrected chi connectivity index (χ3v) is 6.01. The average Bonchev–Trinajstić information content (AvgIpc) is 3.50. The van der Waals surface area contributed by atoms with E-state index in [2.05, 4.69) is 10.6 Å². The number of nitrogens with one attached hydrogen (secondary N) is 2. The summed E-state index contributed by atoms with van der Waals surface area (Å²) in [7, 11) is 1.56. The molecule has 0 atom stereocenters. The summed E-state index contributed by atoms with van der Waals surface area (Å²) in [6.07, 6.45) is 1.35. The third-order valence-electron chi connectivity index (χ3n) is 6.01. The zero-order valence-corrected chi connectivity index (χ0v) is 17.4. The average molecular weight is 432 g/mol. The van der Waals surface area contributed by atoms with Crippen molar-refractivity contribution in [3.8, 4) is 22.6 Å². The summed E-state index contributed by atoms with van der Waals surface area (Å²) >= 11 is 0. The molecule has 0 unspecified atom stereocenters. The van der Waals surface area contributed by atoms with Gasteiger partial charge in [-0.2, -0.15) is 0 Å². The monoisotopic (exact) mass is 432 g/mol. The van der Waals surface area contributed by atoms with Crippen molar-refractivity contribution in [2.75, 3.05) is 19.2 Å². The van der Waals surface area contributed by atoms with Crippen LogP contribution >= 0.6 is 0 Å². The highest BCUT2D eigenvalue weighted by Crippen LogP contribution is 2.51. The minimum atomic E-state index is -0.706. The maximum atomic E-state index is 14.6. The number of benzene rings is 3. The van der Waals surface area contributed by atoms with E-state index in [9.17, 15) is 14.0 Å². The van der Waals surface area contributed by atoms with Crippen molar-refractivity contribution in [3.63, 3.8) is 0 Å². The fourth-order valence-electron chi connectivity index (χ4n) is 3.99. The van der Waals surface area contributed by atoms with Crippen LogP contribution in [0.3, 0.4) is 0 Å². The Hall–Kier alpha value is -3.87. The van der Waals surface area contributed by atoms with E-state index in [-0.39, 0.29) is 24.3 Å². The van der Waals surface area contributed by atoms with Gasteiger partial charge in [0.25, 0.3) is 5.91 Å². The lowest BCUT2D eigenvalue weighted by atomic mass is 9.94. The smallest absolute Gasteiger partial charge is 0.251 e. The molecular formula is C25H21FN2O4. The summed E-state index contributed by atoms with van der Waals surface area (Å²) in [6.45, 7) is 0.164. The van der Waals surface area contributed by atoms with Crippen LogP contribution in [0.2, 0.25) is 0 Å². The Kier molecular flexibility index (Phi) is 4.81. The summed E-state index contributed by atoms with van der Waals surface area (Å²) in [5, 5.41) is 5.36. The Morgan fingerprint density at radius 1 is 0.938 bits per heavy atom. The van der Waals surface area contributed by atoms with Gasteiger partial charge in [-0.25, -0.2) is 4.39 Å². The van der Waals surface area contributed by atoms with E-state index in [1.807, 2.05) is 18.2 Å². The molecule has 6 nitrogen and oxygen atoms in total. The summed E-state index contributed by atoms with van der Waals surface area (Å²) in [5.41, 5.74) is 2.17. The van der Waals surface area contributed by atoms with Crippen LogP contribution in [0.15, 0.2) is 60.7 Å². The first-order chi connectivity index (χ1) is 15.5. The number of hydrogen-bond acceptors (Lipinski definition) is 4. The molecule has 0 spiro atoms. The van der Waals surface area contributed by atoms with E-state index in [1.165, 1.54) is 6.07 Å². The van der Waals surface area contributed by atoms with Gasteiger partial charge in [0.2, 0.25) is 12.7 Å². The molecule has 32 heavy (non-hydrogen) atoms. The maximum Gasteiger partial charge on any atom is 0.251 e. The highest BCUT2D eigenvalue weighted by atomic mass is 19.1. The van der Waals surface area contributed by atoms with Crippen molar-refractivity contribution < 1.29 is 23.5 Å². The lowest BCUT2D eigenvalue weighted by Gasteiger charge is -2.17. The van der Waals surface area contributed by atoms with Crippen LogP contribution in [-0.2, 0) is 10.2 Å². The van der Waals surface area contributed by atoms with Gasteiger partial charge in [-0.15, -0.1) is 0 Å². The Labute approximate surface area is 184 Å². The molecule has 1 heterocycles. The van der Waals surface area contributed by atoms with Gasteiger partial charge in [0.05, 0.1) is 11.1 Å². The van der Waals surface area contributed by atoms with Crippen LogP contribution < -0.4 is 20.1 Å². The molecule has 0 saturated heterocycles. The standard InChI is InChI=1S/C25H21FN2O4/c1-27-23(29)17-4-2-3-15(11-17)16-5-7-19(26)20(12-16)28-24(30)25(9-10-25)18-6-8-21-22(13-18)32-14-31-21/h2-8,11-13H,9-10,14H2,1H3,(H,27,29)(H,28,30). The summed E-state index contributed by atoms with van der Waals surface area (Å²) < 4.78 is 25.4. The molecular weight excluding hydrogens is 411 g/mol. The molecule has 0 aromatic heterocycles. The molecule has 1 fully saturated rings. The van der Waals surface area contributed by atoms with E-state index in [0.29, 0.717) is 35.5 Å². The number of ether oxygens (including phenoxy) is 2. The molecule has 2 N–H and O–H groups in total. The molecule has 3 aromatic carbocycles. The summed E-state index contributed by atoms with van der Waals surface area (Å²) in [5.74, 6) is 0.285. The summed E-state index contributed by atoms with van der Waals surface area (Å²) in [6, 6.07) is 17.0. The topological polar surface area (TPSA) is 76.7 Å². The molecule has 0 bridgehead atoms. The third kappa shape index (κ3) is 3.45. The van der Waals surface area contributed by atoms with Crippen LogP contribution in [0.1, 0.15) is 28.8 Å². The van der Waals surface area contributed by atoms with Crippen molar-refractivity contribution in [2.45, 2.75) is 18.3 Å². The number of carbonyl (C=O) groups excluding carboxylic acids is 2. The lowest BCUT2D eigenvalue weighted by Crippen LogP contribution is -2.28. The second kappa shape index (κ2) is 7.67. The number of hydrogen-bond donors (Lipinski definition) is 2. The van der Waals surface area contributed by atoms with Gasteiger partial charge in [-0.3, -0.25) is 9.59 Å². The SMILES string of the molecule is CNC(=O)c1cccc(-c2ccc(F)c(NC(=O)C3(c4ccc5c(c4)OCO5)CC3)c2)c1. The normalized spacial score (nSPS) is 15.2. The van der Waals surface area contributed by atoms with Gasteiger partial charge in [-0.05, 0) is 65.9 Å². The zero-order valence-electron chi connectivity index (χ0n) is 17.4. The van der Waals surface area contributed by atoms with Crippen LogP contribution in [0.25, 0.3) is 11.1 Å². The van der Waals surface area contributed by atoms with Gasteiger partial charge < -0.3 is 20.1 Å². The fraction of sp³-hybridized carbons (Fsp3) is 0.200. The van der Waals surface area contributed by atoms with E-state index in [1.54, 1.807) is 43.4 Å². The van der Waals surface area contributed by atoms with Crippen molar-refractivity contribution in [1.29, 1.82) is 0 Å². The first-order valence-corrected chi connectivity index (χ1v) is 10.3. The second-order valence-electron chi connectivity index (χ2n) is 7.96. The van der Waals surface area contributed by atoms with Gasteiger partial charge >= 0.3 is 0 Å². The minimum absolute atomic E-state index is 0.102. The summed E-state index contributed by atoms with van der Waals surface area (Å²) in [4.78, 5) is 25.1.